The molecule has 1 unspecified atom stereocenters. The van der Waals surface area contributed by atoms with E-state index in [9.17, 15) is 0 Å². The summed E-state index contributed by atoms with van der Waals surface area (Å²) < 4.78 is 5.44. The van der Waals surface area contributed by atoms with E-state index in [1.807, 2.05) is 0 Å². The van der Waals surface area contributed by atoms with E-state index in [0.29, 0.717) is 5.41 Å². The summed E-state index contributed by atoms with van der Waals surface area (Å²) in [7, 11) is 0. The topological polar surface area (TPSA) is 12.5 Å². The molecule has 2 rings (SSSR count). The van der Waals surface area contributed by atoms with E-state index in [2.05, 4.69) is 18.7 Å². The van der Waals surface area contributed by atoms with Gasteiger partial charge in [0, 0.05) is 11.5 Å². The average molecular weight is 267 g/mol. The van der Waals surface area contributed by atoms with Gasteiger partial charge >= 0.3 is 0 Å². The van der Waals surface area contributed by atoms with Crippen LogP contribution in [0, 0.1) is 5.41 Å². The zero-order valence-corrected chi connectivity index (χ0v) is 13.1. The Balaban J connectivity index is 1.76. The minimum atomic E-state index is 0.592. The summed E-state index contributed by atoms with van der Waals surface area (Å²) in [4.78, 5) is 2.80. The first kappa shape index (κ1) is 15.3. The molecule has 1 atom stereocenters. The Bertz CT molecular complexity index is 240. The Kier molecular flexibility index (Phi) is 6.15. The van der Waals surface area contributed by atoms with Gasteiger partial charge in [0.1, 0.15) is 0 Å². The number of likely N-dealkylation sites (tertiary alicyclic amines) is 1. The molecular formula is C17H33NO. The van der Waals surface area contributed by atoms with Gasteiger partial charge in [0.15, 0.2) is 0 Å². The summed E-state index contributed by atoms with van der Waals surface area (Å²) >= 11 is 0. The van der Waals surface area contributed by atoms with E-state index < -0.39 is 0 Å². The van der Waals surface area contributed by atoms with Crippen LogP contribution in [0.3, 0.4) is 0 Å². The van der Waals surface area contributed by atoms with Crippen LogP contribution in [0.4, 0.5) is 0 Å². The summed E-state index contributed by atoms with van der Waals surface area (Å²) in [6.45, 7) is 9.35. The Morgan fingerprint density at radius 3 is 2.11 bits per heavy atom. The summed E-state index contributed by atoms with van der Waals surface area (Å²) in [5, 5.41) is 0. The van der Waals surface area contributed by atoms with Crippen molar-refractivity contribution in [3.8, 4) is 0 Å². The van der Waals surface area contributed by atoms with E-state index in [1.165, 1.54) is 70.9 Å². The van der Waals surface area contributed by atoms with Crippen LogP contribution in [0.2, 0.25) is 0 Å². The molecule has 0 aromatic carbocycles. The molecule has 0 bridgehead atoms. The Hall–Kier alpha value is -0.0800. The van der Waals surface area contributed by atoms with Crippen molar-refractivity contribution in [3.05, 3.63) is 0 Å². The number of unbranched alkanes of at least 4 members (excludes halogenated alkanes) is 3. The second kappa shape index (κ2) is 7.64. The molecule has 2 aliphatic heterocycles. The van der Waals surface area contributed by atoms with Crippen LogP contribution < -0.4 is 0 Å². The van der Waals surface area contributed by atoms with Gasteiger partial charge in [-0.3, -0.25) is 0 Å². The fraction of sp³-hybridized carbons (Fsp3) is 1.00. The third-order valence-corrected chi connectivity index (χ3v) is 5.22. The molecule has 2 nitrogen and oxygen atoms in total. The second-order valence-electron chi connectivity index (χ2n) is 6.82. The van der Waals surface area contributed by atoms with Gasteiger partial charge in [0.2, 0.25) is 0 Å². The standard InChI is InChI=1S/C17H33NO/c1-3-5-7-9-16(8-6-4-2)18-12-10-17(11-13-18)14-19-15-17/h16H,3-15H2,1-2H3. The molecular weight excluding hydrogens is 234 g/mol. The number of hydrogen-bond acceptors (Lipinski definition) is 2. The van der Waals surface area contributed by atoms with Crippen molar-refractivity contribution in [1.29, 1.82) is 0 Å². The molecule has 2 saturated heterocycles. The van der Waals surface area contributed by atoms with E-state index in [0.717, 1.165) is 19.3 Å². The van der Waals surface area contributed by atoms with Crippen molar-refractivity contribution in [2.45, 2.75) is 77.7 Å². The predicted molar refractivity (Wildman–Crippen MR) is 81.5 cm³/mol. The third kappa shape index (κ3) is 4.19. The van der Waals surface area contributed by atoms with Crippen LogP contribution in [-0.4, -0.2) is 37.2 Å². The van der Waals surface area contributed by atoms with Gasteiger partial charge in [-0.2, -0.15) is 0 Å². The number of rotatable bonds is 8. The van der Waals surface area contributed by atoms with E-state index in [1.54, 1.807) is 0 Å². The van der Waals surface area contributed by atoms with Crippen LogP contribution in [0.25, 0.3) is 0 Å². The highest BCUT2D eigenvalue weighted by molar-refractivity contribution is 4.92. The Morgan fingerprint density at radius 1 is 0.947 bits per heavy atom. The summed E-state index contributed by atoms with van der Waals surface area (Å²) in [5.41, 5.74) is 0.592. The molecule has 0 aliphatic carbocycles. The van der Waals surface area contributed by atoms with Gasteiger partial charge in [0.25, 0.3) is 0 Å². The molecule has 2 heterocycles. The minimum Gasteiger partial charge on any atom is -0.380 e. The molecule has 19 heavy (non-hydrogen) atoms. The molecule has 2 aliphatic rings. The molecule has 112 valence electrons. The fourth-order valence-electron chi connectivity index (χ4n) is 3.62. The minimum absolute atomic E-state index is 0.592. The summed E-state index contributed by atoms with van der Waals surface area (Å²) in [5.74, 6) is 0. The number of nitrogens with zero attached hydrogens (tertiary/aromatic N) is 1. The lowest BCUT2D eigenvalue weighted by Gasteiger charge is -2.49. The van der Waals surface area contributed by atoms with Crippen molar-refractivity contribution >= 4 is 0 Å². The first-order valence-electron chi connectivity index (χ1n) is 8.61. The molecule has 0 radical (unpaired) electrons. The largest absolute Gasteiger partial charge is 0.380 e. The van der Waals surface area contributed by atoms with Gasteiger partial charge in [-0.25, -0.2) is 0 Å². The van der Waals surface area contributed by atoms with Gasteiger partial charge in [0.05, 0.1) is 13.2 Å². The molecule has 2 fully saturated rings. The maximum Gasteiger partial charge on any atom is 0.0545 e. The first-order chi connectivity index (χ1) is 9.29. The SMILES string of the molecule is CCCCCC(CCCC)N1CCC2(CC1)COC2. The van der Waals surface area contributed by atoms with Crippen molar-refractivity contribution in [3.63, 3.8) is 0 Å². The monoisotopic (exact) mass is 267 g/mol. The van der Waals surface area contributed by atoms with Gasteiger partial charge in [-0.1, -0.05) is 46.0 Å². The lowest BCUT2D eigenvalue weighted by molar-refractivity contribution is -0.143. The van der Waals surface area contributed by atoms with E-state index in [-0.39, 0.29) is 0 Å². The third-order valence-electron chi connectivity index (χ3n) is 5.22. The zero-order valence-electron chi connectivity index (χ0n) is 13.1. The summed E-state index contributed by atoms with van der Waals surface area (Å²) in [6.07, 6.45) is 12.5. The van der Waals surface area contributed by atoms with E-state index in [4.69, 9.17) is 4.74 Å². The van der Waals surface area contributed by atoms with Crippen molar-refractivity contribution in [2.24, 2.45) is 5.41 Å². The zero-order chi connectivity index (χ0) is 13.6. The molecule has 0 saturated carbocycles. The Labute approximate surface area is 119 Å². The summed E-state index contributed by atoms with van der Waals surface area (Å²) in [6, 6.07) is 0.866. The smallest absolute Gasteiger partial charge is 0.0545 e. The first-order valence-corrected chi connectivity index (χ1v) is 8.61. The van der Waals surface area contributed by atoms with Gasteiger partial charge in [-0.05, 0) is 38.8 Å². The molecule has 0 aromatic heterocycles. The Morgan fingerprint density at radius 2 is 1.58 bits per heavy atom. The predicted octanol–water partition coefficient (Wildman–Crippen LogP) is 4.24. The van der Waals surface area contributed by atoms with Crippen LogP contribution in [0.1, 0.15) is 71.6 Å². The lowest BCUT2D eigenvalue weighted by Crippen LogP contribution is -2.53. The lowest BCUT2D eigenvalue weighted by atomic mass is 9.76. The molecule has 2 heteroatoms. The molecule has 0 aromatic rings. The quantitative estimate of drug-likeness (QED) is 0.610. The highest BCUT2D eigenvalue weighted by atomic mass is 16.5. The van der Waals surface area contributed by atoms with Crippen LogP contribution in [0.5, 0.6) is 0 Å². The van der Waals surface area contributed by atoms with E-state index >= 15 is 0 Å². The number of piperidine rings is 1. The van der Waals surface area contributed by atoms with Crippen LogP contribution in [0.15, 0.2) is 0 Å². The number of hydrogen-bond donors (Lipinski definition) is 0. The maximum absolute atomic E-state index is 5.44. The maximum atomic E-state index is 5.44. The van der Waals surface area contributed by atoms with Crippen molar-refractivity contribution in [1.82, 2.24) is 4.90 Å². The fourth-order valence-corrected chi connectivity index (χ4v) is 3.62. The van der Waals surface area contributed by atoms with Crippen molar-refractivity contribution in [2.75, 3.05) is 26.3 Å². The molecule has 0 N–H and O–H groups in total. The van der Waals surface area contributed by atoms with Gasteiger partial charge < -0.3 is 9.64 Å². The average Bonchev–Trinajstić information content (AvgIpc) is 2.41. The highest BCUT2D eigenvalue weighted by Gasteiger charge is 2.41. The van der Waals surface area contributed by atoms with Crippen molar-refractivity contribution < 1.29 is 4.74 Å². The molecule has 0 amide bonds. The molecule has 1 spiro atoms. The second-order valence-corrected chi connectivity index (χ2v) is 6.82. The van der Waals surface area contributed by atoms with Crippen LogP contribution >= 0.6 is 0 Å². The van der Waals surface area contributed by atoms with Crippen LogP contribution in [-0.2, 0) is 4.74 Å². The van der Waals surface area contributed by atoms with Gasteiger partial charge in [-0.15, -0.1) is 0 Å². The normalized spacial score (nSPS) is 24.3. The number of ether oxygens (including phenoxy) is 1. The highest BCUT2D eigenvalue weighted by Crippen LogP contribution is 2.39.